The highest BCUT2D eigenvalue weighted by Crippen LogP contribution is 2.29. The van der Waals surface area contributed by atoms with Gasteiger partial charge in [0, 0.05) is 12.6 Å². The number of anilines is 2. The molecule has 0 saturated carbocycles. The van der Waals surface area contributed by atoms with E-state index in [-0.39, 0.29) is 10.7 Å². The highest BCUT2D eigenvalue weighted by Gasteiger charge is 2.18. The predicted octanol–water partition coefficient (Wildman–Crippen LogP) is 2.12. The first-order valence-corrected chi connectivity index (χ1v) is 8.81. The monoisotopic (exact) mass is 352 g/mol. The average molecular weight is 352 g/mol. The van der Waals surface area contributed by atoms with E-state index in [0.29, 0.717) is 17.3 Å². The van der Waals surface area contributed by atoms with Gasteiger partial charge in [0.2, 0.25) is 0 Å². The van der Waals surface area contributed by atoms with Crippen molar-refractivity contribution in [3.8, 4) is 11.5 Å². The van der Waals surface area contributed by atoms with Gasteiger partial charge in [0.25, 0.3) is 10.0 Å². The average Bonchev–Trinajstić information content (AvgIpc) is 2.60. The zero-order valence-corrected chi connectivity index (χ0v) is 14.6. The van der Waals surface area contributed by atoms with Gasteiger partial charge in [-0.15, -0.1) is 10.2 Å². The Morgan fingerprint density at radius 2 is 1.67 bits per heavy atom. The normalized spacial score (nSPS) is 11.0. The van der Waals surface area contributed by atoms with E-state index in [1.54, 1.807) is 12.1 Å². The van der Waals surface area contributed by atoms with Crippen LogP contribution in [-0.4, -0.2) is 39.4 Å². The third-order valence-electron chi connectivity index (χ3n) is 3.12. The van der Waals surface area contributed by atoms with Crippen LogP contribution in [0.2, 0.25) is 0 Å². The number of nitrogens with one attached hydrogen (secondary N) is 2. The van der Waals surface area contributed by atoms with Crippen LogP contribution in [0.3, 0.4) is 0 Å². The summed E-state index contributed by atoms with van der Waals surface area (Å²) >= 11 is 0. The minimum absolute atomic E-state index is 0.0372. The Labute approximate surface area is 141 Å². The van der Waals surface area contributed by atoms with Crippen molar-refractivity contribution < 1.29 is 17.9 Å². The van der Waals surface area contributed by atoms with Gasteiger partial charge in [0.1, 0.15) is 5.82 Å². The van der Waals surface area contributed by atoms with Gasteiger partial charge < -0.3 is 14.8 Å². The Morgan fingerprint density at radius 3 is 2.25 bits per heavy atom. The molecule has 0 fully saturated rings. The molecule has 8 nitrogen and oxygen atoms in total. The van der Waals surface area contributed by atoms with Crippen LogP contribution in [0.1, 0.15) is 13.3 Å². The summed E-state index contributed by atoms with van der Waals surface area (Å²) in [5.74, 6) is 1.49. The van der Waals surface area contributed by atoms with Crippen molar-refractivity contribution >= 4 is 21.7 Å². The Hall–Kier alpha value is -2.55. The second-order valence-corrected chi connectivity index (χ2v) is 6.54. The number of benzene rings is 1. The Bertz CT molecular complexity index is 779. The number of hydrogen-bond acceptors (Lipinski definition) is 7. The summed E-state index contributed by atoms with van der Waals surface area (Å²) in [6.45, 7) is 2.80. The maximum Gasteiger partial charge on any atom is 0.263 e. The molecule has 2 aromatic rings. The lowest BCUT2D eigenvalue weighted by molar-refractivity contribution is 0.354. The van der Waals surface area contributed by atoms with Crippen LogP contribution in [-0.2, 0) is 10.0 Å². The van der Waals surface area contributed by atoms with Gasteiger partial charge in [-0.05, 0) is 30.7 Å². The van der Waals surface area contributed by atoms with E-state index in [9.17, 15) is 8.42 Å². The summed E-state index contributed by atoms with van der Waals surface area (Å²) in [5, 5.41) is 10.8. The molecule has 0 atom stereocenters. The largest absolute Gasteiger partial charge is 0.493 e. The highest BCUT2D eigenvalue weighted by atomic mass is 32.2. The van der Waals surface area contributed by atoms with Gasteiger partial charge in [-0.2, -0.15) is 0 Å². The number of sulfonamides is 1. The van der Waals surface area contributed by atoms with Crippen LogP contribution in [0.25, 0.3) is 0 Å². The molecule has 0 spiro atoms. The summed E-state index contributed by atoms with van der Waals surface area (Å²) in [7, 11) is -0.889. The number of ether oxygens (including phenoxy) is 2. The van der Waals surface area contributed by atoms with Crippen molar-refractivity contribution in [2.45, 2.75) is 18.2 Å². The summed E-state index contributed by atoms with van der Waals surface area (Å²) in [5.41, 5.74) is 0. The quantitative estimate of drug-likeness (QED) is 0.750. The second kappa shape index (κ2) is 7.82. The Morgan fingerprint density at radius 1 is 1.00 bits per heavy atom. The third kappa shape index (κ3) is 4.25. The van der Waals surface area contributed by atoms with Crippen LogP contribution < -0.4 is 19.5 Å². The van der Waals surface area contributed by atoms with Crippen LogP contribution >= 0.6 is 0 Å². The molecular weight excluding hydrogens is 332 g/mol. The number of aromatic nitrogens is 2. The molecule has 0 aliphatic carbocycles. The van der Waals surface area contributed by atoms with E-state index in [1.807, 2.05) is 6.92 Å². The molecule has 0 aliphatic heterocycles. The van der Waals surface area contributed by atoms with E-state index < -0.39 is 10.0 Å². The standard InChI is InChI=1S/C15H20N4O4S/c1-4-9-16-14-7-8-15(18-17-14)19-24(20,21)11-5-6-12(22-2)13(10-11)23-3/h5-8,10H,4,9H2,1-3H3,(H,16,17)(H,18,19). The van der Waals surface area contributed by atoms with Gasteiger partial charge in [-0.1, -0.05) is 6.92 Å². The Kier molecular flexibility index (Phi) is 5.80. The van der Waals surface area contributed by atoms with Crippen molar-refractivity contribution in [1.29, 1.82) is 0 Å². The fourth-order valence-corrected chi connectivity index (χ4v) is 2.93. The topological polar surface area (TPSA) is 102 Å². The van der Waals surface area contributed by atoms with Gasteiger partial charge in [0.05, 0.1) is 19.1 Å². The first-order chi connectivity index (χ1) is 11.5. The minimum Gasteiger partial charge on any atom is -0.493 e. The molecule has 2 N–H and O–H groups in total. The first kappa shape index (κ1) is 17.8. The van der Waals surface area contributed by atoms with Crippen molar-refractivity contribution in [1.82, 2.24) is 10.2 Å². The maximum atomic E-state index is 12.4. The molecule has 130 valence electrons. The molecular formula is C15H20N4O4S. The maximum absolute atomic E-state index is 12.4. The van der Waals surface area contributed by atoms with Crippen LogP contribution in [0.4, 0.5) is 11.6 Å². The van der Waals surface area contributed by atoms with E-state index in [4.69, 9.17) is 9.47 Å². The van der Waals surface area contributed by atoms with E-state index in [1.165, 1.54) is 32.4 Å². The number of rotatable bonds is 8. The van der Waals surface area contributed by atoms with E-state index in [0.717, 1.165) is 13.0 Å². The number of nitrogens with zero attached hydrogens (tertiary/aromatic N) is 2. The van der Waals surface area contributed by atoms with E-state index >= 15 is 0 Å². The molecule has 0 radical (unpaired) electrons. The molecule has 0 bridgehead atoms. The van der Waals surface area contributed by atoms with Gasteiger partial charge in [-0.3, -0.25) is 4.72 Å². The smallest absolute Gasteiger partial charge is 0.263 e. The predicted molar refractivity (Wildman–Crippen MR) is 91.2 cm³/mol. The minimum atomic E-state index is -3.81. The molecule has 1 aromatic heterocycles. The summed E-state index contributed by atoms with van der Waals surface area (Å²) < 4.78 is 37.5. The van der Waals surface area contributed by atoms with Crippen molar-refractivity contribution in [3.05, 3.63) is 30.3 Å². The molecule has 1 heterocycles. The number of hydrogen-bond donors (Lipinski definition) is 2. The number of methoxy groups -OCH3 is 2. The summed E-state index contributed by atoms with van der Waals surface area (Å²) in [6, 6.07) is 7.54. The van der Waals surface area contributed by atoms with Crippen LogP contribution in [0.5, 0.6) is 11.5 Å². The van der Waals surface area contributed by atoms with Crippen molar-refractivity contribution in [3.63, 3.8) is 0 Å². The van der Waals surface area contributed by atoms with Crippen molar-refractivity contribution in [2.75, 3.05) is 30.8 Å². The van der Waals surface area contributed by atoms with Crippen LogP contribution in [0.15, 0.2) is 35.2 Å². The van der Waals surface area contributed by atoms with Gasteiger partial charge in [0.15, 0.2) is 17.3 Å². The fraction of sp³-hybridized carbons (Fsp3) is 0.333. The molecule has 2 rings (SSSR count). The molecule has 0 amide bonds. The lowest BCUT2D eigenvalue weighted by atomic mass is 10.3. The van der Waals surface area contributed by atoms with E-state index in [2.05, 4.69) is 20.2 Å². The van der Waals surface area contributed by atoms with Gasteiger partial charge in [-0.25, -0.2) is 8.42 Å². The molecule has 0 saturated heterocycles. The first-order valence-electron chi connectivity index (χ1n) is 7.32. The summed E-state index contributed by atoms with van der Waals surface area (Å²) in [6.07, 6.45) is 0.954. The summed E-state index contributed by atoms with van der Waals surface area (Å²) in [4.78, 5) is 0.0372. The van der Waals surface area contributed by atoms with Crippen LogP contribution in [0, 0.1) is 0 Å². The Balaban J connectivity index is 2.19. The molecule has 24 heavy (non-hydrogen) atoms. The lowest BCUT2D eigenvalue weighted by Crippen LogP contribution is -2.15. The molecule has 0 unspecified atom stereocenters. The van der Waals surface area contributed by atoms with Gasteiger partial charge >= 0.3 is 0 Å². The highest BCUT2D eigenvalue weighted by molar-refractivity contribution is 7.92. The zero-order chi connectivity index (χ0) is 17.6. The molecule has 0 aliphatic rings. The molecule has 1 aromatic carbocycles. The van der Waals surface area contributed by atoms with Crippen molar-refractivity contribution in [2.24, 2.45) is 0 Å². The molecule has 9 heteroatoms. The fourth-order valence-electron chi connectivity index (χ4n) is 1.91. The zero-order valence-electron chi connectivity index (χ0n) is 13.7. The second-order valence-electron chi connectivity index (χ2n) is 4.85. The SMILES string of the molecule is CCCNc1ccc(NS(=O)(=O)c2ccc(OC)c(OC)c2)nn1. The third-order valence-corrected chi connectivity index (χ3v) is 4.48. The lowest BCUT2D eigenvalue weighted by Gasteiger charge is -2.11.